The van der Waals surface area contributed by atoms with E-state index in [0.717, 1.165) is 66.5 Å². The van der Waals surface area contributed by atoms with Crippen LogP contribution >= 0.6 is 34.8 Å². The van der Waals surface area contributed by atoms with Crippen molar-refractivity contribution in [3.63, 3.8) is 0 Å². The number of benzene rings is 3. The van der Waals surface area contributed by atoms with Crippen molar-refractivity contribution >= 4 is 46.3 Å². The zero-order valence-electron chi connectivity index (χ0n) is 24.8. The molecule has 1 saturated heterocycles. The minimum absolute atomic E-state index is 0.00784. The first-order chi connectivity index (χ1) is 21.8. The van der Waals surface area contributed by atoms with Crippen molar-refractivity contribution in [1.82, 2.24) is 20.4 Å². The molecule has 45 heavy (non-hydrogen) atoms. The molecule has 0 unspecified atom stereocenters. The second kappa shape index (κ2) is 12.9. The maximum atomic E-state index is 14.7. The van der Waals surface area contributed by atoms with Gasteiger partial charge in [-0.15, -0.1) is 0 Å². The number of carbonyl (C=O) groups is 1. The fourth-order valence-corrected chi connectivity index (χ4v) is 7.27. The molecule has 3 aromatic carbocycles. The normalized spacial score (nSPS) is 21.4. The summed E-state index contributed by atoms with van der Waals surface area (Å²) in [6.07, 6.45) is 4.69. The lowest BCUT2D eigenvalue weighted by atomic mass is 9.83. The number of hydrogen-bond donors (Lipinski definition) is 2. The average molecular weight is 672 g/mol. The summed E-state index contributed by atoms with van der Waals surface area (Å²) in [5.41, 5.74) is 4.81. The molecule has 2 saturated carbocycles. The van der Waals surface area contributed by atoms with E-state index in [9.17, 15) is 13.6 Å². The van der Waals surface area contributed by atoms with Crippen molar-refractivity contribution in [2.24, 2.45) is 0 Å². The zero-order chi connectivity index (χ0) is 31.2. The summed E-state index contributed by atoms with van der Waals surface area (Å²) in [6, 6.07) is 17.0. The van der Waals surface area contributed by atoms with Gasteiger partial charge in [0.2, 0.25) is 0 Å². The summed E-state index contributed by atoms with van der Waals surface area (Å²) in [5.74, 6) is -1.23. The van der Waals surface area contributed by atoms with Gasteiger partial charge < -0.3 is 15.5 Å². The third kappa shape index (κ3) is 6.67. The first-order valence-electron chi connectivity index (χ1n) is 15.7. The average Bonchev–Trinajstić information content (AvgIpc) is 3.96. The summed E-state index contributed by atoms with van der Waals surface area (Å²) < 4.78 is 29.3. The molecule has 0 radical (unpaired) electrons. The maximum Gasteiger partial charge on any atom is 0.252 e. The van der Waals surface area contributed by atoms with E-state index in [4.69, 9.17) is 34.8 Å². The fraction of sp³-hybridized carbons (Fsp3) is 0.400. The van der Waals surface area contributed by atoms with Crippen molar-refractivity contribution < 1.29 is 13.6 Å². The fourth-order valence-electron chi connectivity index (χ4n) is 6.72. The van der Waals surface area contributed by atoms with Crippen LogP contribution in [0.4, 0.5) is 8.78 Å². The van der Waals surface area contributed by atoms with Gasteiger partial charge in [-0.2, -0.15) is 0 Å². The molecule has 0 spiro atoms. The predicted octanol–water partition coefficient (Wildman–Crippen LogP) is 7.37. The Kier molecular flexibility index (Phi) is 8.94. The number of hydrogen-bond acceptors (Lipinski definition) is 4. The Morgan fingerprint density at radius 2 is 1.60 bits per heavy atom. The Morgan fingerprint density at radius 1 is 0.844 bits per heavy atom. The smallest absolute Gasteiger partial charge is 0.252 e. The molecular weight excluding hydrogens is 637 g/mol. The Hall–Kier alpha value is -2.52. The number of piperazine rings is 1. The van der Waals surface area contributed by atoms with Crippen LogP contribution in [-0.4, -0.2) is 53.0 Å². The quantitative estimate of drug-likeness (QED) is 0.221. The van der Waals surface area contributed by atoms with E-state index in [2.05, 4.69) is 39.8 Å². The van der Waals surface area contributed by atoms with Crippen molar-refractivity contribution in [1.29, 1.82) is 0 Å². The first kappa shape index (κ1) is 31.1. The number of halogens is 5. The molecule has 10 heteroatoms. The molecule has 1 amide bonds. The van der Waals surface area contributed by atoms with E-state index in [1.165, 1.54) is 12.1 Å². The summed E-state index contributed by atoms with van der Waals surface area (Å²) in [6.45, 7) is 2.66. The third-order valence-corrected chi connectivity index (χ3v) is 10.6. The van der Waals surface area contributed by atoms with Gasteiger partial charge in [0.05, 0.1) is 21.1 Å². The molecule has 2 aliphatic heterocycles. The topological polar surface area (TPSA) is 47.6 Å². The van der Waals surface area contributed by atoms with Gasteiger partial charge in [0.1, 0.15) is 11.6 Å². The largest absolute Gasteiger partial charge is 0.331 e. The molecule has 5 nitrogen and oxygen atoms in total. The molecule has 7 rings (SSSR count). The number of nitrogens with one attached hydrogen (secondary N) is 2. The van der Waals surface area contributed by atoms with E-state index in [0.29, 0.717) is 29.7 Å². The minimum atomic E-state index is -0.689. The Balaban J connectivity index is 1.16. The van der Waals surface area contributed by atoms with Gasteiger partial charge in [-0.25, -0.2) is 8.78 Å². The van der Waals surface area contributed by atoms with Crippen molar-refractivity contribution in [3.05, 3.63) is 109 Å². The van der Waals surface area contributed by atoms with Crippen LogP contribution in [0.15, 0.2) is 60.2 Å². The van der Waals surface area contributed by atoms with Gasteiger partial charge in [0.25, 0.3) is 5.91 Å². The highest BCUT2D eigenvalue weighted by Gasteiger charge is 2.41. The number of rotatable bonds is 10. The molecule has 3 fully saturated rings. The standard InChI is InChI=1S/C35H35Cl3F2N4O/c36-28-3-1-2-22(33(28)38)18-44(25-10-11-25)35(45)32-26(14-23-15-41-16-31(32)42-23)21-6-4-20(5-7-21)17-43(24-8-9-24)19-27-30(39)13-12-29(37)34(27)40/h1-7,12-13,23-25,31,41-42H,8-11,14-19H2/t23-,31+/m0/s1. The van der Waals surface area contributed by atoms with Gasteiger partial charge >= 0.3 is 0 Å². The summed E-state index contributed by atoms with van der Waals surface area (Å²) in [7, 11) is 0. The van der Waals surface area contributed by atoms with Gasteiger partial charge in [-0.05, 0) is 72.6 Å². The van der Waals surface area contributed by atoms with Crippen molar-refractivity contribution in [2.45, 2.75) is 75.9 Å². The zero-order valence-corrected chi connectivity index (χ0v) is 27.0. The molecule has 2 N–H and O–H groups in total. The van der Waals surface area contributed by atoms with Gasteiger partial charge in [0, 0.05) is 62.0 Å². The van der Waals surface area contributed by atoms with Gasteiger partial charge in [0.15, 0.2) is 0 Å². The maximum absolute atomic E-state index is 14.7. The van der Waals surface area contributed by atoms with Gasteiger partial charge in [-0.1, -0.05) is 71.2 Å². The molecule has 4 aliphatic rings. The number of nitrogens with zero attached hydrogens (tertiary/aromatic N) is 2. The van der Waals surface area contributed by atoms with Crippen molar-refractivity contribution in [2.75, 3.05) is 13.1 Å². The van der Waals surface area contributed by atoms with Crippen LogP contribution in [0.5, 0.6) is 0 Å². The second-order valence-electron chi connectivity index (χ2n) is 12.7. The molecule has 236 valence electrons. The van der Waals surface area contributed by atoms with Gasteiger partial charge in [-0.3, -0.25) is 9.69 Å². The number of amides is 1. The predicted molar refractivity (Wildman–Crippen MR) is 175 cm³/mol. The molecule has 3 aromatic rings. The van der Waals surface area contributed by atoms with Crippen LogP contribution in [-0.2, 0) is 24.4 Å². The van der Waals surface area contributed by atoms with Crippen LogP contribution < -0.4 is 10.6 Å². The third-order valence-electron chi connectivity index (χ3n) is 9.40. The molecule has 2 atom stereocenters. The summed E-state index contributed by atoms with van der Waals surface area (Å²) in [5, 5.41) is 8.09. The second-order valence-corrected chi connectivity index (χ2v) is 13.9. The lowest BCUT2D eigenvalue weighted by Gasteiger charge is -2.41. The van der Waals surface area contributed by atoms with Crippen LogP contribution in [0.1, 0.15) is 54.4 Å². The lowest BCUT2D eigenvalue weighted by Crippen LogP contribution is -2.60. The first-order valence-corrected chi connectivity index (χ1v) is 16.8. The van der Waals surface area contributed by atoms with Crippen LogP contribution in [0.3, 0.4) is 0 Å². The Bertz CT molecular complexity index is 1640. The molecule has 2 aliphatic carbocycles. The number of fused-ring (bicyclic) bond motifs is 2. The lowest BCUT2D eigenvalue weighted by molar-refractivity contribution is -0.128. The van der Waals surface area contributed by atoms with E-state index in [-0.39, 0.29) is 47.2 Å². The Labute approximate surface area is 277 Å². The molecule has 2 bridgehead atoms. The number of carbonyl (C=O) groups excluding carboxylic acids is 1. The monoisotopic (exact) mass is 670 g/mol. The van der Waals surface area contributed by atoms with E-state index < -0.39 is 11.6 Å². The summed E-state index contributed by atoms with van der Waals surface area (Å²) >= 11 is 18.8. The highest BCUT2D eigenvalue weighted by atomic mass is 35.5. The molecular formula is C35H35Cl3F2N4O. The molecule has 2 heterocycles. The van der Waals surface area contributed by atoms with Crippen LogP contribution in [0.25, 0.3) is 5.57 Å². The Morgan fingerprint density at radius 3 is 2.33 bits per heavy atom. The van der Waals surface area contributed by atoms with Crippen LogP contribution in [0.2, 0.25) is 15.1 Å². The highest BCUT2D eigenvalue weighted by molar-refractivity contribution is 6.42. The SMILES string of the molecule is O=C(C1=C(c2ccc(CN(Cc3c(F)ccc(Cl)c3F)C3CC3)cc2)C[C@H]2CNC[C@H]1N2)N(Cc1cccc(Cl)c1Cl)C1CC1. The van der Waals surface area contributed by atoms with E-state index in [1.54, 1.807) is 6.07 Å². The minimum Gasteiger partial charge on any atom is -0.331 e. The summed E-state index contributed by atoms with van der Waals surface area (Å²) in [4.78, 5) is 18.6. The van der Waals surface area contributed by atoms with E-state index in [1.807, 2.05) is 17.0 Å². The van der Waals surface area contributed by atoms with Crippen LogP contribution in [0, 0.1) is 11.6 Å². The highest BCUT2D eigenvalue weighted by Crippen LogP contribution is 2.38. The van der Waals surface area contributed by atoms with E-state index >= 15 is 0 Å². The van der Waals surface area contributed by atoms with Crippen molar-refractivity contribution in [3.8, 4) is 0 Å². The molecule has 0 aromatic heterocycles.